The van der Waals surface area contributed by atoms with E-state index in [2.05, 4.69) is 32.8 Å². The second-order valence-corrected chi connectivity index (χ2v) is 4.82. The van der Waals surface area contributed by atoms with Gasteiger partial charge in [0.25, 0.3) is 0 Å². The van der Waals surface area contributed by atoms with Crippen molar-refractivity contribution in [3.05, 3.63) is 16.9 Å². The summed E-state index contributed by atoms with van der Waals surface area (Å²) in [6.07, 6.45) is 1.72. The molecule has 0 aliphatic heterocycles. The van der Waals surface area contributed by atoms with Crippen LogP contribution >= 0.6 is 11.6 Å². The summed E-state index contributed by atoms with van der Waals surface area (Å²) >= 11 is 6.16. The smallest absolute Gasteiger partial charge is 0.0820 e. The average molecular weight is 230 g/mol. The molecule has 0 aliphatic rings. The van der Waals surface area contributed by atoms with E-state index in [-0.39, 0.29) is 0 Å². The van der Waals surface area contributed by atoms with E-state index in [1.807, 2.05) is 4.68 Å². The maximum Gasteiger partial charge on any atom is 0.0820 e. The molecule has 86 valence electrons. The SMILES string of the molecule is CC(CN)C(C)c1c(Cl)cnn1C(C)C. The van der Waals surface area contributed by atoms with Crippen molar-refractivity contribution in [1.29, 1.82) is 0 Å². The van der Waals surface area contributed by atoms with Crippen molar-refractivity contribution < 1.29 is 0 Å². The van der Waals surface area contributed by atoms with Crippen LogP contribution in [0.1, 0.15) is 45.3 Å². The van der Waals surface area contributed by atoms with Gasteiger partial charge in [0, 0.05) is 12.0 Å². The van der Waals surface area contributed by atoms with Crippen LogP contribution in [0.3, 0.4) is 0 Å². The van der Waals surface area contributed by atoms with E-state index in [0.717, 1.165) is 10.7 Å². The van der Waals surface area contributed by atoms with Crippen molar-refractivity contribution in [3.8, 4) is 0 Å². The molecule has 2 unspecified atom stereocenters. The Morgan fingerprint density at radius 3 is 2.47 bits per heavy atom. The quantitative estimate of drug-likeness (QED) is 0.863. The van der Waals surface area contributed by atoms with Gasteiger partial charge in [-0.1, -0.05) is 25.4 Å². The van der Waals surface area contributed by atoms with E-state index in [1.54, 1.807) is 6.20 Å². The lowest BCUT2D eigenvalue weighted by atomic mass is 9.92. The highest BCUT2D eigenvalue weighted by Crippen LogP contribution is 2.31. The molecule has 0 fully saturated rings. The summed E-state index contributed by atoms with van der Waals surface area (Å²) < 4.78 is 1.99. The summed E-state index contributed by atoms with van der Waals surface area (Å²) in [6, 6.07) is 0.333. The van der Waals surface area contributed by atoms with Crippen LogP contribution in [-0.2, 0) is 0 Å². The first-order chi connectivity index (χ1) is 6.99. The molecular weight excluding hydrogens is 210 g/mol. The van der Waals surface area contributed by atoms with Gasteiger partial charge < -0.3 is 5.73 Å². The highest BCUT2D eigenvalue weighted by molar-refractivity contribution is 6.31. The molecule has 0 aromatic carbocycles. The van der Waals surface area contributed by atoms with E-state index < -0.39 is 0 Å². The van der Waals surface area contributed by atoms with Crippen LogP contribution < -0.4 is 5.73 Å². The van der Waals surface area contributed by atoms with Crippen LogP contribution in [0.25, 0.3) is 0 Å². The van der Waals surface area contributed by atoms with E-state index in [0.29, 0.717) is 24.4 Å². The number of nitrogens with two attached hydrogens (primary N) is 1. The zero-order valence-corrected chi connectivity index (χ0v) is 10.6. The molecule has 3 nitrogen and oxygen atoms in total. The maximum absolute atomic E-state index is 6.16. The van der Waals surface area contributed by atoms with Crippen molar-refractivity contribution in [1.82, 2.24) is 9.78 Å². The lowest BCUT2D eigenvalue weighted by molar-refractivity contribution is 0.431. The number of rotatable bonds is 4. The van der Waals surface area contributed by atoms with Crippen LogP contribution in [0, 0.1) is 5.92 Å². The van der Waals surface area contributed by atoms with Gasteiger partial charge in [-0.2, -0.15) is 5.10 Å². The zero-order chi connectivity index (χ0) is 11.6. The topological polar surface area (TPSA) is 43.8 Å². The molecule has 0 spiro atoms. The first kappa shape index (κ1) is 12.5. The molecule has 2 N–H and O–H groups in total. The highest BCUT2D eigenvalue weighted by atomic mass is 35.5. The first-order valence-electron chi connectivity index (χ1n) is 5.42. The predicted molar refractivity (Wildman–Crippen MR) is 64.3 cm³/mol. The molecule has 0 radical (unpaired) electrons. The van der Waals surface area contributed by atoms with Crippen LogP contribution in [-0.4, -0.2) is 16.3 Å². The minimum Gasteiger partial charge on any atom is -0.330 e. The molecule has 0 amide bonds. The minimum absolute atomic E-state index is 0.333. The van der Waals surface area contributed by atoms with Crippen molar-refractivity contribution in [2.75, 3.05) is 6.54 Å². The van der Waals surface area contributed by atoms with Gasteiger partial charge in [0.15, 0.2) is 0 Å². The lowest BCUT2D eigenvalue weighted by Crippen LogP contribution is -2.20. The maximum atomic E-state index is 6.16. The molecule has 1 aromatic heterocycles. The Hall–Kier alpha value is -0.540. The zero-order valence-electron chi connectivity index (χ0n) is 9.87. The summed E-state index contributed by atoms with van der Waals surface area (Å²) in [5, 5.41) is 5.04. The third kappa shape index (κ3) is 2.52. The number of nitrogens with zero attached hydrogens (tertiary/aromatic N) is 2. The van der Waals surface area contributed by atoms with Gasteiger partial charge in [0.2, 0.25) is 0 Å². The largest absolute Gasteiger partial charge is 0.330 e. The van der Waals surface area contributed by atoms with Crippen molar-refractivity contribution in [2.24, 2.45) is 11.7 Å². The predicted octanol–water partition coefficient (Wildman–Crippen LogP) is 2.82. The van der Waals surface area contributed by atoms with E-state index in [9.17, 15) is 0 Å². The molecule has 1 heterocycles. The van der Waals surface area contributed by atoms with Crippen LogP contribution in [0.2, 0.25) is 5.02 Å². The van der Waals surface area contributed by atoms with Crippen LogP contribution in [0.15, 0.2) is 6.20 Å². The van der Waals surface area contributed by atoms with Gasteiger partial charge in [0.1, 0.15) is 0 Å². The fourth-order valence-electron chi connectivity index (χ4n) is 1.66. The Balaban J connectivity index is 3.06. The summed E-state index contributed by atoms with van der Waals surface area (Å²) in [7, 11) is 0. The Bertz CT molecular complexity index is 320. The summed E-state index contributed by atoms with van der Waals surface area (Å²) in [4.78, 5) is 0. The second-order valence-electron chi connectivity index (χ2n) is 4.42. The van der Waals surface area contributed by atoms with Gasteiger partial charge in [0.05, 0.1) is 16.9 Å². The molecule has 0 saturated heterocycles. The fraction of sp³-hybridized carbons (Fsp3) is 0.727. The standard InChI is InChI=1S/C11H20ClN3/c1-7(2)15-11(10(12)6-14-15)9(4)8(3)5-13/h6-9H,5,13H2,1-4H3. The fourth-order valence-corrected chi connectivity index (χ4v) is 1.96. The van der Waals surface area contributed by atoms with Gasteiger partial charge in [-0.05, 0) is 26.3 Å². The van der Waals surface area contributed by atoms with E-state index in [4.69, 9.17) is 17.3 Å². The second kappa shape index (κ2) is 4.99. The number of aromatic nitrogens is 2. The molecule has 15 heavy (non-hydrogen) atoms. The Morgan fingerprint density at radius 2 is 2.00 bits per heavy atom. The van der Waals surface area contributed by atoms with Gasteiger partial charge in [-0.3, -0.25) is 4.68 Å². The molecule has 1 rings (SSSR count). The van der Waals surface area contributed by atoms with Crippen molar-refractivity contribution in [2.45, 2.75) is 39.7 Å². The molecule has 0 bridgehead atoms. The summed E-state index contributed by atoms with van der Waals surface area (Å²) in [5.41, 5.74) is 6.78. The average Bonchev–Trinajstić information content (AvgIpc) is 2.58. The van der Waals surface area contributed by atoms with E-state index >= 15 is 0 Å². The third-order valence-corrected chi connectivity index (χ3v) is 3.22. The van der Waals surface area contributed by atoms with Gasteiger partial charge >= 0.3 is 0 Å². The van der Waals surface area contributed by atoms with Crippen LogP contribution in [0.4, 0.5) is 0 Å². The summed E-state index contributed by atoms with van der Waals surface area (Å²) in [5.74, 6) is 0.754. The number of halogens is 1. The molecule has 0 aliphatic carbocycles. The molecule has 2 atom stereocenters. The van der Waals surface area contributed by atoms with Crippen molar-refractivity contribution >= 4 is 11.6 Å². The molecule has 4 heteroatoms. The Kier molecular flexibility index (Phi) is 4.17. The third-order valence-electron chi connectivity index (χ3n) is 2.93. The highest BCUT2D eigenvalue weighted by Gasteiger charge is 2.21. The normalized spacial score (nSPS) is 15.7. The number of hydrogen-bond acceptors (Lipinski definition) is 2. The Morgan fingerprint density at radius 1 is 1.40 bits per heavy atom. The molecule has 1 aromatic rings. The molecular formula is C11H20ClN3. The summed E-state index contributed by atoms with van der Waals surface area (Å²) in [6.45, 7) is 9.16. The van der Waals surface area contributed by atoms with Crippen molar-refractivity contribution in [3.63, 3.8) is 0 Å². The Labute approximate surface area is 96.6 Å². The minimum atomic E-state index is 0.333. The van der Waals surface area contributed by atoms with Gasteiger partial charge in [-0.15, -0.1) is 0 Å². The first-order valence-corrected chi connectivity index (χ1v) is 5.79. The van der Waals surface area contributed by atoms with Gasteiger partial charge in [-0.25, -0.2) is 0 Å². The lowest BCUT2D eigenvalue weighted by Gasteiger charge is -2.21. The number of hydrogen-bond donors (Lipinski definition) is 1. The molecule has 0 saturated carbocycles. The van der Waals surface area contributed by atoms with E-state index in [1.165, 1.54) is 0 Å². The monoisotopic (exact) mass is 229 g/mol. The van der Waals surface area contributed by atoms with Crippen LogP contribution in [0.5, 0.6) is 0 Å².